The maximum Gasteiger partial charge on any atom is 0.326 e. The number of ether oxygens (including phenoxy) is 2. The van der Waals surface area contributed by atoms with Crippen LogP contribution in [0.15, 0.2) is 18.2 Å². The van der Waals surface area contributed by atoms with Crippen LogP contribution in [0.3, 0.4) is 0 Å². The van der Waals surface area contributed by atoms with Crippen LogP contribution in [0.5, 0.6) is 5.75 Å². The third-order valence-electron chi connectivity index (χ3n) is 4.95. The number of hydrogen-bond acceptors (Lipinski definition) is 7. The molecule has 2 aliphatic rings. The SMILES string of the molecule is O=C(CN1C(=O)COc2ccc([N+](=O)[O-])cc21)OCC(=O)N1CCCCCCC1. The van der Waals surface area contributed by atoms with Crippen LogP contribution in [-0.4, -0.2) is 60.5 Å². The molecule has 0 radical (unpaired) electrons. The lowest BCUT2D eigenvalue weighted by molar-refractivity contribution is -0.384. The van der Waals surface area contributed by atoms with E-state index in [9.17, 15) is 24.5 Å². The molecule has 1 fully saturated rings. The van der Waals surface area contributed by atoms with E-state index in [4.69, 9.17) is 9.47 Å². The highest BCUT2D eigenvalue weighted by Gasteiger charge is 2.30. The Kier molecular flexibility index (Phi) is 6.63. The van der Waals surface area contributed by atoms with Gasteiger partial charge in [0.2, 0.25) is 0 Å². The number of amides is 2. The van der Waals surface area contributed by atoms with Crippen molar-refractivity contribution in [1.29, 1.82) is 0 Å². The van der Waals surface area contributed by atoms with Crippen LogP contribution in [0.1, 0.15) is 32.1 Å². The van der Waals surface area contributed by atoms with Gasteiger partial charge in [0.25, 0.3) is 17.5 Å². The highest BCUT2D eigenvalue weighted by molar-refractivity contribution is 6.01. The van der Waals surface area contributed by atoms with Crippen LogP contribution in [0, 0.1) is 10.1 Å². The molecule has 0 bridgehead atoms. The number of non-ortho nitro benzene ring substituents is 1. The first-order chi connectivity index (χ1) is 14.0. The Labute approximate surface area is 167 Å². The zero-order valence-corrected chi connectivity index (χ0v) is 16.0. The molecule has 0 spiro atoms. The van der Waals surface area contributed by atoms with Gasteiger partial charge in [0, 0.05) is 25.2 Å². The lowest BCUT2D eigenvalue weighted by atomic mass is 10.1. The van der Waals surface area contributed by atoms with E-state index >= 15 is 0 Å². The molecule has 0 unspecified atom stereocenters. The number of esters is 1. The lowest BCUT2D eigenvalue weighted by Gasteiger charge is -2.28. The summed E-state index contributed by atoms with van der Waals surface area (Å²) in [6.07, 6.45) is 5.18. The summed E-state index contributed by atoms with van der Waals surface area (Å²) in [6.45, 7) is 0.165. The quantitative estimate of drug-likeness (QED) is 0.415. The molecule has 1 saturated heterocycles. The Morgan fingerprint density at radius 1 is 1.14 bits per heavy atom. The predicted molar refractivity (Wildman–Crippen MR) is 102 cm³/mol. The Morgan fingerprint density at radius 3 is 2.52 bits per heavy atom. The summed E-state index contributed by atoms with van der Waals surface area (Å²) >= 11 is 0. The van der Waals surface area contributed by atoms with E-state index in [-0.39, 0.29) is 36.2 Å². The predicted octanol–water partition coefficient (Wildman–Crippen LogP) is 1.66. The maximum absolute atomic E-state index is 12.3. The van der Waals surface area contributed by atoms with Gasteiger partial charge in [-0.25, -0.2) is 0 Å². The Morgan fingerprint density at radius 2 is 1.83 bits per heavy atom. The topological polar surface area (TPSA) is 119 Å². The first-order valence-corrected chi connectivity index (χ1v) is 9.60. The van der Waals surface area contributed by atoms with Crippen molar-refractivity contribution < 1.29 is 28.8 Å². The summed E-state index contributed by atoms with van der Waals surface area (Å²) in [6, 6.07) is 3.81. The minimum absolute atomic E-state index is 0.127. The van der Waals surface area contributed by atoms with Crippen molar-refractivity contribution in [2.24, 2.45) is 0 Å². The molecule has 2 amide bonds. The second-order valence-electron chi connectivity index (χ2n) is 6.99. The second-order valence-corrected chi connectivity index (χ2v) is 6.99. The number of hydrogen-bond donors (Lipinski definition) is 0. The van der Waals surface area contributed by atoms with Gasteiger partial charge in [-0.2, -0.15) is 0 Å². The number of fused-ring (bicyclic) bond motifs is 1. The second kappa shape index (κ2) is 9.35. The highest BCUT2D eigenvalue weighted by Crippen LogP contribution is 2.35. The van der Waals surface area contributed by atoms with Crippen molar-refractivity contribution in [1.82, 2.24) is 4.90 Å². The average molecular weight is 405 g/mol. The first kappa shape index (κ1) is 20.6. The largest absolute Gasteiger partial charge is 0.482 e. The van der Waals surface area contributed by atoms with E-state index in [1.807, 2.05) is 0 Å². The number of carbonyl (C=O) groups is 3. The molecular weight excluding hydrogens is 382 g/mol. The van der Waals surface area contributed by atoms with Crippen LogP contribution < -0.4 is 9.64 Å². The lowest BCUT2D eigenvalue weighted by Crippen LogP contribution is -2.43. The summed E-state index contributed by atoms with van der Waals surface area (Å²) in [7, 11) is 0. The van der Waals surface area contributed by atoms with Crippen LogP contribution in [0.25, 0.3) is 0 Å². The van der Waals surface area contributed by atoms with Crippen molar-refractivity contribution in [3.05, 3.63) is 28.3 Å². The van der Waals surface area contributed by atoms with E-state index < -0.39 is 23.3 Å². The number of nitrogens with zero attached hydrogens (tertiary/aromatic N) is 3. The minimum Gasteiger partial charge on any atom is -0.482 e. The molecule has 2 heterocycles. The molecule has 1 aromatic carbocycles. The number of anilines is 1. The number of nitro groups is 1. The summed E-state index contributed by atoms with van der Waals surface area (Å²) in [5.74, 6) is -1.28. The van der Waals surface area contributed by atoms with E-state index in [2.05, 4.69) is 0 Å². The molecule has 0 aromatic heterocycles. The molecular formula is C19H23N3O7. The van der Waals surface area contributed by atoms with Crippen molar-refractivity contribution >= 4 is 29.2 Å². The maximum atomic E-state index is 12.3. The van der Waals surface area contributed by atoms with Gasteiger partial charge in [-0.1, -0.05) is 19.3 Å². The number of carbonyl (C=O) groups excluding carboxylic acids is 3. The average Bonchev–Trinajstić information content (AvgIpc) is 2.67. The smallest absolute Gasteiger partial charge is 0.326 e. The van der Waals surface area contributed by atoms with Gasteiger partial charge in [0.1, 0.15) is 12.3 Å². The van der Waals surface area contributed by atoms with Gasteiger partial charge in [0.15, 0.2) is 13.2 Å². The van der Waals surface area contributed by atoms with Gasteiger partial charge < -0.3 is 14.4 Å². The fourth-order valence-corrected chi connectivity index (χ4v) is 3.38. The van der Waals surface area contributed by atoms with Crippen molar-refractivity contribution in [2.45, 2.75) is 32.1 Å². The third kappa shape index (κ3) is 5.21. The molecule has 10 nitrogen and oxygen atoms in total. The van der Waals surface area contributed by atoms with Crippen LogP contribution >= 0.6 is 0 Å². The van der Waals surface area contributed by atoms with E-state index in [0.29, 0.717) is 13.1 Å². The fraction of sp³-hybridized carbons (Fsp3) is 0.526. The van der Waals surface area contributed by atoms with Gasteiger partial charge in [0.05, 0.1) is 10.6 Å². The zero-order chi connectivity index (χ0) is 20.8. The number of nitro benzene ring substituents is 1. The Balaban J connectivity index is 1.60. The minimum atomic E-state index is -0.766. The highest BCUT2D eigenvalue weighted by atomic mass is 16.6. The molecule has 1 aromatic rings. The molecule has 0 N–H and O–H groups in total. The van der Waals surface area contributed by atoms with Gasteiger partial charge >= 0.3 is 5.97 Å². The zero-order valence-electron chi connectivity index (χ0n) is 16.0. The molecule has 10 heteroatoms. The normalized spacial score (nSPS) is 16.9. The fourth-order valence-electron chi connectivity index (χ4n) is 3.38. The van der Waals surface area contributed by atoms with Crippen LogP contribution in [0.4, 0.5) is 11.4 Å². The first-order valence-electron chi connectivity index (χ1n) is 9.60. The molecule has 0 saturated carbocycles. The van der Waals surface area contributed by atoms with Crippen molar-refractivity contribution in [3.63, 3.8) is 0 Å². The number of rotatable bonds is 5. The van der Waals surface area contributed by atoms with E-state index in [0.717, 1.165) is 30.6 Å². The summed E-state index contributed by atoms with van der Waals surface area (Å²) < 4.78 is 10.3. The van der Waals surface area contributed by atoms with Crippen molar-refractivity contribution in [3.8, 4) is 5.75 Å². The third-order valence-corrected chi connectivity index (χ3v) is 4.95. The van der Waals surface area contributed by atoms with E-state index in [1.165, 1.54) is 24.6 Å². The summed E-state index contributed by atoms with van der Waals surface area (Å²) in [5, 5.41) is 11.0. The number of benzene rings is 1. The van der Waals surface area contributed by atoms with Crippen LogP contribution in [0.2, 0.25) is 0 Å². The Bertz CT molecular complexity index is 803. The van der Waals surface area contributed by atoms with Gasteiger partial charge in [-0.05, 0) is 18.9 Å². The monoisotopic (exact) mass is 405 g/mol. The Hall–Kier alpha value is -3.17. The number of likely N-dealkylation sites (tertiary alicyclic amines) is 1. The standard InChI is InChI=1S/C19H23N3O7/c23-17(20-8-4-2-1-3-5-9-20)12-29-19(25)11-21-15-10-14(22(26)27)6-7-16(15)28-13-18(21)24/h6-7,10H,1-5,8-9,11-13H2. The van der Waals surface area contributed by atoms with E-state index in [1.54, 1.807) is 4.90 Å². The van der Waals surface area contributed by atoms with Gasteiger partial charge in [-0.15, -0.1) is 0 Å². The molecule has 3 rings (SSSR count). The molecule has 0 aliphatic carbocycles. The summed E-state index contributed by atoms with van der Waals surface area (Å²) in [5.41, 5.74) is -0.102. The van der Waals surface area contributed by atoms with Crippen molar-refractivity contribution in [2.75, 3.05) is 37.7 Å². The summed E-state index contributed by atoms with van der Waals surface area (Å²) in [4.78, 5) is 49.9. The molecule has 2 aliphatic heterocycles. The van der Waals surface area contributed by atoms with Gasteiger partial charge in [-0.3, -0.25) is 29.4 Å². The molecule has 0 atom stereocenters. The molecule has 29 heavy (non-hydrogen) atoms. The van der Waals surface area contributed by atoms with Crippen LogP contribution in [-0.2, 0) is 19.1 Å². The molecule has 156 valence electrons.